The maximum Gasteiger partial charge on any atom is 0.343 e. The molecule has 35 heavy (non-hydrogen) atoms. The van der Waals surface area contributed by atoms with Gasteiger partial charge >= 0.3 is 5.97 Å². The van der Waals surface area contributed by atoms with Crippen LogP contribution in [0.25, 0.3) is 6.08 Å². The monoisotopic (exact) mass is 582 g/mol. The summed E-state index contributed by atoms with van der Waals surface area (Å²) < 4.78 is 16.2. The number of carbonyl (C=O) groups excluding carboxylic acids is 4. The molecule has 9 nitrogen and oxygen atoms in total. The molecule has 1 aliphatic rings. The number of ether oxygens (including phenoxy) is 3. The maximum absolute atomic E-state index is 12.8. The van der Waals surface area contributed by atoms with Crippen LogP contribution in [-0.2, 0) is 19.1 Å². The van der Waals surface area contributed by atoms with E-state index in [-0.39, 0.29) is 11.5 Å². The number of nitrogens with one attached hydrogen (secondary N) is 1. The van der Waals surface area contributed by atoms with Crippen LogP contribution < -0.4 is 14.8 Å². The Hall–Kier alpha value is -3.02. The number of halogens is 2. The summed E-state index contributed by atoms with van der Waals surface area (Å²) >= 11 is 10.0. The van der Waals surface area contributed by atoms with E-state index in [1.807, 2.05) is 0 Å². The third-order valence-electron chi connectivity index (χ3n) is 4.48. The Balaban J connectivity index is 1.76. The van der Waals surface area contributed by atoms with Crippen LogP contribution in [0.4, 0.5) is 10.5 Å². The molecular weight excluding hydrogens is 564 g/mol. The highest BCUT2D eigenvalue weighted by atomic mass is 79.9. The van der Waals surface area contributed by atoms with E-state index < -0.39 is 29.6 Å². The van der Waals surface area contributed by atoms with Gasteiger partial charge in [-0.05, 0) is 76.6 Å². The molecule has 0 spiro atoms. The molecular formula is C23H20BrClN2O7S. The van der Waals surface area contributed by atoms with Crippen molar-refractivity contribution >= 4 is 74.1 Å². The van der Waals surface area contributed by atoms with Crippen LogP contribution in [-0.4, -0.2) is 54.8 Å². The number of carbonyl (C=O) groups is 4. The second-order valence-electron chi connectivity index (χ2n) is 6.95. The predicted molar refractivity (Wildman–Crippen MR) is 136 cm³/mol. The Labute approximate surface area is 218 Å². The molecule has 0 bridgehead atoms. The maximum atomic E-state index is 12.8. The summed E-state index contributed by atoms with van der Waals surface area (Å²) in [5.41, 5.74) is 0.993. The van der Waals surface area contributed by atoms with E-state index in [9.17, 15) is 19.2 Å². The van der Waals surface area contributed by atoms with Crippen LogP contribution >= 0.6 is 39.3 Å². The average Bonchev–Trinajstić information content (AvgIpc) is 3.05. The van der Waals surface area contributed by atoms with Crippen molar-refractivity contribution in [2.45, 2.75) is 6.92 Å². The SMILES string of the molecule is CCOc1cc(/C=C2\SC(=O)N(CC(=O)Nc3cccc(Cl)c3)C2=O)cc(Br)c1OCC(=O)OC. The molecule has 0 unspecified atom stereocenters. The summed E-state index contributed by atoms with van der Waals surface area (Å²) in [6.45, 7) is 1.35. The molecule has 3 rings (SSSR count). The zero-order valence-electron chi connectivity index (χ0n) is 18.6. The van der Waals surface area contributed by atoms with E-state index >= 15 is 0 Å². The first-order valence-electron chi connectivity index (χ1n) is 10.2. The van der Waals surface area contributed by atoms with Crippen LogP contribution in [0, 0.1) is 0 Å². The average molecular weight is 584 g/mol. The highest BCUT2D eigenvalue weighted by molar-refractivity contribution is 9.10. The van der Waals surface area contributed by atoms with Crippen molar-refractivity contribution in [1.82, 2.24) is 4.90 Å². The number of amides is 3. The van der Waals surface area contributed by atoms with Crippen LogP contribution in [0.3, 0.4) is 0 Å². The Morgan fingerprint density at radius 1 is 1.20 bits per heavy atom. The summed E-state index contributed by atoms with van der Waals surface area (Å²) in [5, 5.41) is 2.48. The van der Waals surface area contributed by atoms with Crippen LogP contribution in [0.1, 0.15) is 12.5 Å². The normalized spacial score (nSPS) is 14.3. The van der Waals surface area contributed by atoms with Crippen molar-refractivity contribution in [2.75, 3.05) is 32.2 Å². The van der Waals surface area contributed by atoms with Gasteiger partial charge in [-0.25, -0.2) is 4.79 Å². The number of hydrogen-bond acceptors (Lipinski definition) is 8. The van der Waals surface area contributed by atoms with Gasteiger partial charge in [-0.15, -0.1) is 0 Å². The smallest absolute Gasteiger partial charge is 0.343 e. The number of anilines is 1. The van der Waals surface area contributed by atoms with E-state index in [1.54, 1.807) is 43.3 Å². The fourth-order valence-electron chi connectivity index (χ4n) is 2.96. The first-order chi connectivity index (χ1) is 16.7. The minimum atomic E-state index is -0.596. The summed E-state index contributed by atoms with van der Waals surface area (Å²) in [6, 6.07) is 9.78. The third-order valence-corrected chi connectivity index (χ3v) is 6.21. The molecule has 0 aromatic heterocycles. The molecule has 0 aliphatic carbocycles. The second-order valence-corrected chi connectivity index (χ2v) is 9.24. The van der Waals surface area contributed by atoms with Gasteiger partial charge in [0.25, 0.3) is 11.1 Å². The van der Waals surface area contributed by atoms with Crippen molar-refractivity contribution in [3.05, 3.63) is 56.4 Å². The molecule has 1 N–H and O–H groups in total. The quantitative estimate of drug-likeness (QED) is 0.333. The van der Waals surface area contributed by atoms with Gasteiger partial charge < -0.3 is 19.5 Å². The highest BCUT2D eigenvalue weighted by Crippen LogP contribution is 2.39. The standard InChI is InChI=1S/C23H20BrClN2O7S/c1-3-33-17-8-13(7-16(24)21(17)34-12-20(29)32-2)9-18-22(30)27(23(31)35-18)11-19(28)26-15-6-4-5-14(25)10-15/h4-10H,3,11-12H2,1-2H3,(H,26,28)/b18-9-. The number of esters is 1. The summed E-state index contributed by atoms with van der Waals surface area (Å²) in [7, 11) is 1.25. The van der Waals surface area contributed by atoms with Crippen LogP contribution in [0.5, 0.6) is 11.5 Å². The van der Waals surface area contributed by atoms with Gasteiger partial charge in [0.15, 0.2) is 18.1 Å². The zero-order chi connectivity index (χ0) is 25.5. The van der Waals surface area contributed by atoms with Gasteiger partial charge in [-0.1, -0.05) is 17.7 Å². The van der Waals surface area contributed by atoms with Crippen molar-refractivity contribution in [2.24, 2.45) is 0 Å². The van der Waals surface area contributed by atoms with E-state index in [2.05, 4.69) is 26.0 Å². The van der Waals surface area contributed by atoms with E-state index in [4.69, 9.17) is 21.1 Å². The lowest BCUT2D eigenvalue weighted by molar-refractivity contribution is -0.143. The minimum Gasteiger partial charge on any atom is -0.490 e. The van der Waals surface area contributed by atoms with Gasteiger partial charge in [0, 0.05) is 10.7 Å². The molecule has 2 aromatic carbocycles. The molecule has 1 saturated heterocycles. The topological polar surface area (TPSA) is 111 Å². The molecule has 1 aliphatic heterocycles. The van der Waals surface area contributed by atoms with Crippen molar-refractivity contribution in [3.8, 4) is 11.5 Å². The third kappa shape index (κ3) is 7.00. The number of methoxy groups -OCH3 is 1. The Morgan fingerprint density at radius 2 is 1.97 bits per heavy atom. The predicted octanol–water partition coefficient (Wildman–Crippen LogP) is 4.73. The van der Waals surface area contributed by atoms with Crippen molar-refractivity contribution in [1.29, 1.82) is 0 Å². The number of rotatable bonds is 9. The molecule has 3 amide bonds. The molecule has 0 radical (unpaired) electrons. The number of benzene rings is 2. The van der Waals surface area contributed by atoms with E-state index in [0.717, 1.165) is 16.7 Å². The molecule has 0 saturated carbocycles. The summed E-state index contributed by atoms with van der Waals surface area (Å²) in [5.74, 6) is -1.07. The number of nitrogens with zero attached hydrogens (tertiary/aromatic N) is 1. The van der Waals surface area contributed by atoms with Crippen LogP contribution in [0.15, 0.2) is 45.8 Å². The van der Waals surface area contributed by atoms with Gasteiger partial charge in [0.1, 0.15) is 6.54 Å². The van der Waals surface area contributed by atoms with Gasteiger partial charge in [-0.3, -0.25) is 19.3 Å². The lowest BCUT2D eigenvalue weighted by Gasteiger charge is -2.14. The van der Waals surface area contributed by atoms with E-state index in [1.165, 1.54) is 13.2 Å². The first kappa shape index (κ1) is 26.6. The zero-order valence-corrected chi connectivity index (χ0v) is 21.8. The lowest BCUT2D eigenvalue weighted by atomic mass is 10.2. The Morgan fingerprint density at radius 3 is 2.66 bits per heavy atom. The first-order valence-corrected chi connectivity index (χ1v) is 12.2. The fourth-order valence-corrected chi connectivity index (χ4v) is 4.57. The minimum absolute atomic E-state index is 0.142. The summed E-state index contributed by atoms with van der Waals surface area (Å²) in [6.07, 6.45) is 1.51. The molecule has 0 atom stereocenters. The molecule has 184 valence electrons. The fraction of sp³-hybridized carbons (Fsp3) is 0.217. The molecule has 1 fully saturated rings. The molecule has 12 heteroatoms. The largest absolute Gasteiger partial charge is 0.490 e. The van der Waals surface area contributed by atoms with Crippen molar-refractivity contribution < 1.29 is 33.4 Å². The van der Waals surface area contributed by atoms with Crippen LogP contribution in [0.2, 0.25) is 5.02 Å². The summed E-state index contributed by atoms with van der Waals surface area (Å²) in [4.78, 5) is 50.1. The molecule has 2 aromatic rings. The van der Waals surface area contributed by atoms with Gasteiger partial charge in [-0.2, -0.15) is 0 Å². The van der Waals surface area contributed by atoms with E-state index in [0.29, 0.717) is 38.9 Å². The Bertz CT molecular complexity index is 1200. The Kier molecular flexibility index (Phi) is 9.19. The number of imide groups is 1. The number of thioether (sulfide) groups is 1. The molecule has 1 heterocycles. The van der Waals surface area contributed by atoms with Gasteiger partial charge in [0.05, 0.1) is 23.1 Å². The second kappa shape index (κ2) is 12.1. The van der Waals surface area contributed by atoms with Crippen molar-refractivity contribution in [3.63, 3.8) is 0 Å². The highest BCUT2D eigenvalue weighted by Gasteiger charge is 2.36. The lowest BCUT2D eigenvalue weighted by Crippen LogP contribution is -2.36. The van der Waals surface area contributed by atoms with Gasteiger partial charge in [0.2, 0.25) is 5.91 Å². The number of hydrogen-bond donors (Lipinski definition) is 1.